The molecular formula is C8H11BrN2O2. The zero-order chi connectivity index (χ0) is 10.0. The van der Waals surface area contributed by atoms with Gasteiger partial charge in [-0.3, -0.25) is 9.48 Å². The molecule has 0 aliphatic rings. The number of hydrogen-bond donors (Lipinski definition) is 1. The standard InChI is InChI=1S/C8H11BrN2O2/c1-5(8(12)13)3-6-4-7(9)10-11(6)2/h4-5H,3H2,1-2H3,(H,12,13). The normalized spacial score (nSPS) is 12.8. The molecule has 1 N–H and O–H groups in total. The first-order valence-electron chi connectivity index (χ1n) is 3.92. The maximum Gasteiger partial charge on any atom is 0.306 e. The van der Waals surface area contributed by atoms with Crippen molar-refractivity contribution in [3.05, 3.63) is 16.4 Å². The minimum Gasteiger partial charge on any atom is -0.481 e. The molecule has 5 heteroatoms. The average Bonchev–Trinajstić information content (AvgIpc) is 2.30. The van der Waals surface area contributed by atoms with Crippen molar-refractivity contribution in [1.29, 1.82) is 0 Å². The Bertz CT molecular complexity index is 322. The maximum absolute atomic E-state index is 10.6. The van der Waals surface area contributed by atoms with Gasteiger partial charge in [0.1, 0.15) is 4.60 Å². The molecule has 0 fully saturated rings. The van der Waals surface area contributed by atoms with Crippen molar-refractivity contribution in [3.8, 4) is 0 Å². The van der Waals surface area contributed by atoms with Crippen molar-refractivity contribution in [2.75, 3.05) is 0 Å². The Morgan fingerprint density at radius 1 is 1.85 bits per heavy atom. The molecule has 4 nitrogen and oxygen atoms in total. The number of halogens is 1. The predicted molar refractivity (Wildman–Crippen MR) is 51.4 cm³/mol. The van der Waals surface area contributed by atoms with Gasteiger partial charge in [-0.15, -0.1) is 0 Å². The molecule has 1 unspecified atom stereocenters. The smallest absolute Gasteiger partial charge is 0.306 e. The van der Waals surface area contributed by atoms with E-state index in [1.165, 1.54) is 0 Å². The monoisotopic (exact) mass is 246 g/mol. The minimum atomic E-state index is -0.780. The van der Waals surface area contributed by atoms with Gasteiger partial charge in [-0.1, -0.05) is 6.92 Å². The number of rotatable bonds is 3. The van der Waals surface area contributed by atoms with Crippen LogP contribution < -0.4 is 0 Å². The van der Waals surface area contributed by atoms with E-state index >= 15 is 0 Å². The lowest BCUT2D eigenvalue weighted by Gasteiger charge is -2.05. The molecule has 0 aliphatic heterocycles. The van der Waals surface area contributed by atoms with Gasteiger partial charge in [0.15, 0.2) is 0 Å². The lowest BCUT2D eigenvalue weighted by atomic mass is 10.1. The van der Waals surface area contributed by atoms with Crippen molar-refractivity contribution < 1.29 is 9.90 Å². The quantitative estimate of drug-likeness (QED) is 0.879. The Labute approximate surface area is 84.7 Å². The van der Waals surface area contributed by atoms with Crippen LogP contribution in [0.5, 0.6) is 0 Å². The molecule has 1 atom stereocenters. The van der Waals surface area contributed by atoms with Crippen LogP contribution in [0.15, 0.2) is 10.7 Å². The fourth-order valence-electron chi connectivity index (χ4n) is 1.06. The summed E-state index contributed by atoms with van der Waals surface area (Å²) in [7, 11) is 1.80. The van der Waals surface area contributed by atoms with Crippen LogP contribution in [0.25, 0.3) is 0 Å². The number of hydrogen-bond acceptors (Lipinski definition) is 2. The third-order valence-electron chi connectivity index (χ3n) is 1.88. The van der Waals surface area contributed by atoms with Gasteiger partial charge in [-0.2, -0.15) is 5.10 Å². The molecule has 0 radical (unpaired) electrons. The van der Waals surface area contributed by atoms with Crippen LogP contribution in [0.1, 0.15) is 12.6 Å². The van der Waals surface area contributed by atoms with Gasteiger partial charge in [-0.25, -0.2) is 0 Å². The summed E-state index contributed by atoms with van der Waals surface area (Å²) in [6.07, 6.45) is 0.504. The molecule has 0 amide bonds. The largest absolute Gasteiger partial charge is 0.481 e. The van der Waals surface area contributed by atoms with Crippen LogP contribution in [-0.4, -0.2) is 20.9 Å². The molecule has 0 saturated heterocycles. The lowest BCUT2D eigenvalue weighted by molar-refractivity contribution is -0.141. The summed E-state index contributed by atoms with van der Waals surface area (Å²) in [5, 5.41) is 12.8. The maximum atomic E-state index is 10.6. The number of nitrogens with zero attached hydrogens (tertiary/aromatic N) is 2. The lowest BCUT2D eigenvalue weighted by Crippen LogP contribution is -2.14. The summed E-state index contributed by atoms with van der Waals surface area (Å²) in [5.41, 5.74) is 0.918. The van der Waals surface area contributed by atoms with Gasteiger partial charge in [0.05, 0.1) is 5.92 Å². The first-order chi connectivity index (χ1) is 6.00. The topological polar surface area (TPSA) is 55.1 Å². The highest BCUT2D eigenvalue weighted by atomic mass is 79.9. The van der Waals surface area contributed by atoms with E-state index in [9.17, 15) is 4.79 Å². The highest BCUT2D eigenvalue weighted by molar-refractivity contribution is 9.10. The number of aromatic nitrogens is 2. The second-order valence-corrected chi connectivity index (χ2v) is 3.84. The van der Waals surface area contributed by atoms with Crippen molar-refractivity contribution in [2.24, 2.45) is 13.0 Å². The molecule has 0 spiro atoms. The zero-order valence-corrected chi connectivity index (χ0v) is 9.08. The SMILES string of the molecule is CC(Cc1cc(Br)nn1C)C(=O)O. The zero-order valence-electron chi connectivity index (χ0n) is 7.49. The summed E-state index contributed by atoms with van der Waals surface area (Å²) in [6.45, 7) is 1.68. The average molecular weight is 247 g/mol. The van der Waals surface area contributed by atoms with Gasteiger partial charge < -0.3 is 5.11 Å². The molecule has 0 bridgehead atoms. The summed E-state index contributed by atoms with van der Waals surface area (Å²) in [5.74, 6) is -1.15. The summed E-state index contributed by atoms with van der Waals surface area (Å²) in [6, 6.07) is 1.83. The molecule has 0 aromatic carbocycles. The van der Waals surface area contributed by atoms with Crippen LogP contribution in [0, 0.1) is 5.92 Å². The summed E-state index contributed by atoms with van der Waals surface area (Å²) >= 11 is 3.23. The number of aliphatic carboxylic acids is 1. The first-order valence-corrected chi connectivity index (χ1v) is 4.71. The second-order valence-electron chi connectivity index (χ2n) is 3.03. The van der Waals surface area contributed by atoms with E-state index in [1.807, 2.05) is 6.07 Å². The molecule has 1 rings (SSSR count). The van der Waals surface area contributed by atoms with Gasteiger partial charge in [0, 0.05) is 19.2 Å². The molecular weight excluding hydrogens is 236 g/mol. The van der Waals surface area contributed by atoms with E-state index in [1.54, 1.807) is 18.7 Å². The number of aryl methyl sites for hydroxylation is 1. The highest BCUT2D eigenvalue weighted by Crippen LogP contribution is 2.13. The third kappa shape index (κ3) is 2.55. The number of carbonyl (C=O) groups is 1. The van der Waals surface area contributed by atoms with Crippen LogP contribution in [0.4, 0.5) is 0 Å². The predicted octanol–water partition coefficient (Wildman–Crippen LogP) is 1.45. The third-order valence-corrected chi connectivity index (χ3v) is 2.27. The Hall–Kier alpha value is -0.840. The van der Waals surface area contributed by atoms with Crippen LogP contribution >= 0.6 is 15.9 Å². The Morgan fingerprint density at radius 3 is 2.85 bits per heavy atom. The van der Waals surface area contributed by atoms with Gasteiger partial charge in [-0.05, 0) is 22.0 Å². The van der Waals surface area contributed by atoms with E-state index in [2.05, 4.69) is 21.0 Å². The van der Waals surface area contributed by atoms with Crippen molar-refractivity contribution >= 4 is 21.9 Å². The van der Waals surface area contributed by atoms with Gasteiger partial charge >= 0.3 is 5.97 Å². The molecule has 1 aromatic rings. The van der Waals surface area contributed by atoms with Gasteiger partial charge in [0.25, 0.3) is 0 Å². The second kappa shape index (κ2) is 3.91. The Kier molecular flexibility index (Phi) is 3.08. The van der Waals surface area contributed by atoms with Crippen LogP contribution in [-0.2, 0) is 18.3 Å². The van der Waals surface area contributed by atoms with E-state index in [4.69, 9.17) is 5.11 Å². The van der Waals surface area contributed by atoms with E-state index in [0.717, 1.165) is 10.3 Å². The van der Waals surface area contributed by atoms with Crippen molar-refractivity contribution in [2.45, 2.75) is 13.3 Å². The van der Waals surface area contributed by atoms with Gasteiger partial charge in [0.2, 0.25) is 0 Å². The molecule has 13 heavy (non-hydrogen) atoms. The molecule has 1 heterocycles. The summed E-state index contributed by atoms with van der Waals surface area (Å²) < 4.78 is 2.42. The minimum absolute atomic E-state index is 0.373. The first kappa shape index (κ1) is 10.2. The Balaban J connectivity index is 2.74. The summed E-state index contributed by atoms with van der Waals surface area (Å²) in [4.78, 5) is 10.6. The molecule has 72 valence electrons. The van der Waals surface area contributed by atoms with Crippen molar-refractivity contribution in [3.63, 3.8) is 0 Å². The molecule has 0 saturated carbocycles. The number of carboxylic acid groups (broad SMARTS) is 1. The molecule has 0 aliphatic carbocycles. The van der Waals surface area contributed by atoms with Crippen LogP contribution in [0.3, 0.4) is 0 Å². The van der Waals surface area contributed by atoms with E-state index in [0.29, 0.717) is 6.42 Å². The van der Waals surface area contributed by atoms with E-state index < -0.39 is 5.97 Å². The fourth-order valence-corrected chi connectivity index (χ4v) is 1.56. The fraction of sp³-hybridized carbons (Fsp3) is 0.500. The van der Waals surface area contributed by atoms with E-state index in [-0.39, 0.29) is 5.92 Å². The number of carboxylic acids is 1. The van der Waals surface area contributed by atoms with Crippen molar-refractivity contribution in [1.82, 2.24) is 9.78 Å². The Morgan fingerprint density at radius 2 is 2.46 bits per heavy atom. The highest BCUT2D eigenvalue weighted by Gasteiger charge is 2.14. The molecule has 1 aromatic heterocycles. The van der Waals surface area contributed by atoms with Crippen LogP contribution in [0.2, 0.25) is 0 Å².